The van der Waals surface area contributed by atoms with E-state index < -0.39 is 0 Å². The van der Waals surface area contributed by atoms with Crippen LogP contribution in [0.4, 0.5) is 0 Å². The number of aryl methyl sites for hydroxylation is 2. The first-order valence-corrected chi connectivity index (χ1v) is 8.00. The van der Waals surface area contributed by atoms with E-state index >= 15 is 0 Å². The van der Waals surface area contributed by atoms with Gasteiger partial charge in [0, 0.05) is 5.75 Å². The molecule has 0 bridgehead atoms. The van der Waals surface area contributed by atoms with Crippen molar-refractivity contribution in [2.45, 2.75) is 24.8 Å². The summed E-state index contributed by atoms with van der Waals surface area (Å²) in [5, 5.41) is 1.09. The van der Waals surface area contributed by atoms with Crippen molar-refractivity contribution in [2.24, 2.45) is 0 Å². The van der Waals surface area contributed by atoms with E-state index in [-0.39, 0.29) is 5.56 Å². The molecular weight excluding hydrogens is 294 g/mol. The Morgan fingerprint density at radius 3 is 2.73 bits per heavy atom. The zero-order valence-electron chi connectivity index (χ0n) is 12.5. The lowest BCUT2D eigenvalue weighted by atomic mass is 10.1. The summed E-state index contributed by atoms with van der Waals surface area (Å²) in [6.45, 7) is 4.02. The quantitative estimate of drug-likeness (QED) is 0.459. The van der Waals surface area contributed by atoms with Crippen LogP contribution in [0.5, 0.6) is 0 Å². The molecule has 0 fully saturated rings. The number of hydrogen-bond donors (Lipinski definition) is 1. The molecule has 2 N–H and O–H groups in total. The second-order valence-electron chi connectivity index (χ2n) is 5.31. The number of nitrogens with two attached hydrogens (primary N) is 1. The minimum absolute atomic E-state index is 0.207. The summed E-state index contributed by atoms with van der Waals surface area (Å²) < 4.78 is 1.14. The number of nitrogen functional groups attached to an aromatic ring is 1. The van der Waals surface area contributed by atoms with Gasteiger partial charge in [-0.05, 0) is 37.1 Å². The third kappa shape index (κ3) is 2.72. The molecule has 0 saturated carbocycles. The summed E-state index contributed by atoms with van der Waals surface area (Å²) in [5.74, 6) is 6.65. The van der Waals surface area contributed by atoms with Crippen molar-refractivity contribution in [1.29, 1.82) is 0 Å². The monoisotopic (exact) mass is 311 g/mol. The molecule has 3 aromatic rings. The Bertz CT molecular complexity index is 902. The first-order chi connectivity index (χ1) is 10.6. The number of hydrogen-bond acceptors (Lipinski definition) is 4. The highest BCUT2D eigenvalue weighted by atomic mass is 32.2. The third-order valence-corrected chi connectivity index (χ3v) is 4.64. The number of aromatic nitrogens is 2. The minimum Gasteiger partial charge on any atom is -0.334 e. The zero-order valence-corrected chi connectivity index (χ0v) is 13.4. The summed E-state index contributed by atoms with van der Waals surface area (Å²) in [4.78, 5) is 16.9. The molecule has 112 valence electrons. The van der Waals surface area contributed by atoms with Gasteiger partial charge in [0.1, 0.15) is 0 Å². The summed E-state index contributed by atoms with van der Waals surface area (Å²) in [5.41, 5.74) is 3.93. The number of thioether (sulfide) groups is 1. The summed E-state index contributed by atoms with van der Waals surface area (Å²) in [6.07, 6.45) is 0. The van der Waals surface area contributed by atoms with Crippen molar-refractivity contribution in [2.75, 3.05) is 5.84 Å². The highest BCUT2D eigenvalue weighted by molar-refractivity contribution is 7.98. The van der Waals surface area contributed by atoms with E-state index in [1.54, 1.807) is 0 Å². The van der Waals surface area contributed by atoms with Gasteiger partial charge in [0.25, 0.3) is 5.56 Å². The maximum atomic E-state index is 12.4. The van der Waals surface area contributed by atoms with Crippen LogP contribution in [0, 0.1) is 13.8 Å². The smallest absolute Gasteiger partial charge is 0.280 e. The Labute approximate surface area is 133 Å². The second kappa shape index (κ2) is 5.85. The van der Waals surface area contributed by atoms with E-state index in [0.717, 1.165) is 16.0 Å². The maximum Gasteiger partial charge on any atom is 0.280 e. The number of benzene rings is 2. The molecule has 2 aromatic carbocycles. The van der Waals surface area contributed by atoms with Crippen LogP contribution in [-0.2, 0) is 5.75 Å². The summed E-state index contributed by atoms with van der Waals surface area (Å²) >= 11 is 1.47. The van der Waals surface area contributed by atoms with Gasteiger partial charge in [0.05, 0.1) is 10.9 Å². The summed E-state index contributed by atoms with van der Waals surface area (Å²) in [7, 11) is 0. The Morgan fingerprint density at radius 1 is 1.18 bits per heavy atom. The molecule has 22 heavy (non-hydrogen) atoms. The molecule has 3 rings (SSSR count). The van der Waals surface area contributed by atoms with Crippen LogP contribution in [0.2, 0.25) is 0 Å². The van der Waals surface area contributed by atoms with Gasteiger partial charge in [-0.25, -0.2) is 9.66 Å². The van der Waals surface area contributed by atoms with Gasteiger partial charge in [-0.3, -0.25) is 4.79 Å². The molecule has 0 atom stereocenters. The maximum absolute atomic E-state index is 12.4. The lowest BCUT2D eigenvalue weighted by Gasteiger charge is -2.09. The Hall–Kier alpha value is -2.27. The topological polar surface area (TPSA) is 60.9 Å². The molecule has 0 spiro atoms. The van der Waals surface area contributed by atoms with Crippen LogP contribution >= 0.6 is 11.8 Å². The molecule has 5 heteroatoms. The van der Waals surface area contributed by atoms with E-state index in [4.69, 9.17) is 5.84 Å². The third-order valence-electron chi connectivity index (χ3n) is 3.64. The lowest BCUT2D eigenvalue weighted by molar-refractivity contribution is 0.779. The van der Waals surface area contributed by atoms with E-state index in [2.05, 4.69) is 24.0 Å². The highest BCUT2D eigenvalue weighted by Crippen LogP contribution is 2.22. The van der Waals surface area contributed by atoms with Crippen molar-refractivity contribution >= 4 is 22.7 Å². The van der Waals surface area contributed by atoms with Gasteiger partial charge >= 0.3 is 0 Å². The van der Waals surface area contributed by atoms with Gasteiger partial charge in [-0.1, -0.05) is 47.7 Å². The van der Waals surface area contributed by atoms with Crippen LogP contribution in [-0.4, -0.2) is 9.66 Å². The first-order valence-electron chi connectivity index (χ1n) is 7.02. The van der Waals surface area contributed by atoms with Crippen LogP contribution in [0.25, 0.3) is 10.9 Å². The fraction of sp³-hybridized carbons (Fsp3) is 0.176. The van der Waals surface area contributed by atoms with Crippen LogP contribution < -0.4 is 11.4 Å². The lowest BCUT2D eigenvalue weighted by Crippen LogP contribution is -2.29. The van der Waals surface area contributed by atoms with Crippen LogP contribution in [0.1, 0.15) is 16.7 Å². The van der Waals surface area contributed by atoms with E-state index in [1.165, 1.54) is 22.9 Å². The molecule has 1 heterocycles. The van der Waals surface area contributed by atoms with Crippen molar-refractivity contribution in [1.82, 2.24) is 9.66 Å². The predicted molar refractivity (Wildman–Crippen MR) is 91.6 cm³/mol. The first kappa shape index (κ1) is 14.7. The zero-order chi connectivity index (χ0) is 15.7. The molecule has 0 aliphatic heterocycles. The predicted octanol–water partition coefficient (Wildman–Crippen LogP) is 3.02. The molecule has 0 aliphatic rings. The van der Waals surface area contributed by atoms with Gasteiger partial charge in [-0.2, -0.15) is 0 Å². The normalized spacial score (nSPS) is 11.0. The van der Waals surface area contributed by atoms with Gasteiger partial charge in [0.15, 0.2) is 5.16 Å². The molecule has 4 nitrogen and oxygen atoms in total. The standard InChI is InChI=1S/C17H17N3OS/c1-11-7-8-15-14(9-11)16(21)20(18)17(19-15)22-10-13-6-4-3-5-12(13)2/h3-9H,10,18H2,1-2H3. The van der Waals surface area contributed by atoms with Crippen LogP contribution in [0.3, 0.4) is 0 Å². The molecular formula is C17H17N3OS. The van der Waals surface area contributed by atoms with Crippen molar-refractivity contribution < 1.29 is 0 Å². The fourth-order valence-corrected chi connectivity index (χ4v) is 3.30. The Kier molecular flexibility index (Phi) is 3.90. The number of rotatable bonds is 3. The average molecular weight is 311 g/mol. The summed E-state index contributed by atoms with van der Waals surface area (Å²) in [6, 6.07) is 13.8. The van der Waals surface area contributed by atoms with E-state index in [9.17, 15) is 4.79 Å². The van der Waals surface area contributed by atoms with Gasteiger partial charge in [-0.15, -0.1) is 0 Å². The molecule has 0 amide bonds. The fourth-order valence-electron chi connectivity index (χ4n) is 2.31. The minimum atomic E-state index is -0.207. The van der Waals surface area contributed by atoms with Crippen molar-refractivity contribution in [3.63, 3.8) is 0 Å². The van der Waals surface area contributed by atoms with Crippen molar-refractivity contribution in [3.8, 4) is 0 Å². The number of fused-ring (bicyclic) bond motifs is 1. The highest BCUT2D eigenvalue weighted by Gasteiger charge is 2.10. The average Bonchev–Trinajstić information content (AvgIpc) is 2.51. The molecule has 0 aliphatic carbocycles. The van der Waals surface area contributed by atoms with Crippen LogP contribution in [0.15, 0.2) is 52.4 Å². The Morgan fingerprint density at radius 2 is 1.95 bits per heavy atom. The van der Waals surface area contributed by atoms with Gasteiger partial charge in [0.2, 0.25) is 0 Å². The SMILES string of the molecule is Cc1ccc2nc(SCc3ccccc3C)n(N)c(=O)c2c1. The molecule has 0 radical (unpaired) electrons. The largest absolute Gasteiger partial charge is 0.334 e. The van der Waals surface area contributed by atoms with E-state index in [0.29, 0.717) is 16.1 Å². The Balaban J connectivity index is 1.98. The van der Waals surface area contributed by atoms with Crippen molar-refractivity contribution in [3.05, 3.63) is 69.5 Å². The molecule has 1 aromatic heterocycles. The number of nitrogens with zero attached hydrogens (tertiary/aromatic N) is 2. The second-order valence-corrected chi connectivity index (χ2v) is 6.25. The molecule has 0 unspecified atom stereocenters. The van der Waals surface area contributed by atoms with E-state index in [1.807, 2.05) is 37.3 Å². The van der Waals surface area contributed by atoms with Gasteiger partial charge < -0.3 is 5.84 Å². The molecule has 0 saturated heterocycles.